The van der Waals surface area contributed by atoms with E-state index < -0.39 is 6.04 Å². The van der Waals surface area contributed by atoms with Crippen LogP contribution >= 0.6 is 0 Å². The molecule has 7 rings (SSSR count). The largest absolute Gasteiger partial charge is 0.489 e. The number of para-hydroxylation sites is 1. The van der Waals surface area contributed by atoms with Crippen LogP contribution in [0.4, 0.5) is 5.69 Å². The number of nitrogens with zero attached hydrogens (tertiary/aromatic N) is 2. The van der Waals surface area contributed by atoms with Gasteiger partial charge in [-0.15, -0.1) is 0 Å². The highest BCUT2D eigenvalue weighted by Gasteiger charge is 2.41. The minimum Gasteiger partial charge on any atom is -0.489 e. The van der Waals surface area contributed by atoms with E-state index in [0.29, 0.717) is 23.6 Å². The van der Waals surface area contributed by atoms with Gasteiger partial charge in [0.1, 0.15) is 18.9 Å². The Balaban J connectivity index is 1.19. The summed E-state index contributed by atoms with van der Waals surface area (Å²) in [4.78, 5) is 29.1. The molecule has 0 saturated heterocycles. The molecule has 0 radical (unpaired) electrons. The van der Waals surface area contributed by atoms with Crippen molar-refractivity contribution in [3.63, 3.8) is 0 Å². The van der Waals surface area contributed by atoms with Gasteiger partial charge in [0.05, 0.1) is 11.7 Å². The van der Waals surface area contributed by atoms with Gasteiger partial charge in [0.2, 0.25) is 5.91 Å². The van der Waals surface area contributed by atoms with Gasteiger partial charge >= 0.3 is 0 Å². The molecule has 44 heavy (non-hydrogen) atoms. The molecule has 216 valence electrons. The van der Waals surface area contributed by atoms with E-state index in [1.807, 2.05) is 109 Å². The van der Waals surface area contributed by atoms with E-state index in [4.69, 9.17) is 4.74 Å². The van der Waals surface area contributed by atoms with Gasteiger partial charge in [-0.05, 0) is 53.1 Å². The number of carbonyl (C=O) groups excluding carboxylic acids is 2. The molecule has 1 N–H and O–H groups in total. The molecule has 1 atom stereocenters. The van der Waals surface area contributed by atoms with Crippen LogP contribution in [0.2, 0.25) is 0 Å². The van der Waals surface area contributed by atoms with Gasteiger partial charge in [-0.25, -0.2) is 0 Å². The molecule has 2 amide bonds. The van der Waals surface area contributed by atoms with Gasteiger partial charge in [0, 0.05) is 34.8 Å². The lowest BCUT2D eigenvalue weighted by Crippen LogP contribution is -2.36. The molecule has 6 nitrogen and oxygen atoms in total. The molecular weight excluding hydrogens is 546 g/mol. The Kier molecular flexibility index (Phi) is 7.16. The number of hydrogen-bond acceptors (Lipinski definition) is 3. The lowest BCUT2D eigenvalue weighted by molar-refractivity contribution is -0.117. The summed E-state index contributed by atoms with van der Waals surface area (Å²) in [5.41, 5.74) is 7.40. The van der Waals surface area contributed by atoms with Gasteiger partial charge in [0.25, 0.3) is 5.91 Å². The number of hydrogen-bond donors (Lipinski definition) is 1. The zero-order valence-electron chi connectivity index (χ0n) is 24.3. The van der Waals surface area contributed by atoms with Crippen LogP contribution in [0.15, 0.2) is 133 Å². The van der Waals surface area contributed by atoms with Crippen molar-refractivity contribution in [2.45, 2.75) is 12.6 Å². The quantitative estimate of drug-likeness (QED) is 0.203. The van der Waals surface area contributed by atoms with Gasteiger partial charge < -0.3 is 19.5 Å². The van der Waals surface area contributed by atoms with E-state index in [1.54, 1.807) is 4.90 Å². The number of carbonyl (C=O) groups is 2. The summed E-state index contributed by atoms with van der Waals surface area (Å²) >= 11 is 0. The fourth-order valence-corrected chi connectivity index (χ4v) is 6.22. The van der Waals surface area contributed by atoms with Crippen LogP contribution in [0, 0.1) is 0 Å². The van der Waals surface area contributed by atoms with E-state index in [9.17, 15) is 9.59 Å². The number of amides is 2. The minimum atomic E-state index is -0.431. The number of anilines is 1. The van der Waals surface area contributed by atoms with Crippen LogP contribution in [-0.4, -0.2) is 27.8 Å². The Morgan fingerprint density at radius 1 is 0.773 bits per heavy atom. The highest BCUT2D eigenvalue weighted by atomic mass is 16.5. The van der Waals surface area contributed by atoms with Crippen molar-refractivity contribution in [1.29, 1.82) is 0 Å². The Labute approximate surface area is 256 Å². The molecule has 0 spiro atoms. The molecule has 5 aromatic carbocycles. The van der Waals surface area contributed by atoms with Gasteiger partial charge in [-0.2, -0.15) is 0 Å². The molecule has 2 heterocycles. The van der Waals surface area contributed by atoms with Crippen molar-refractivity contribution in [3.8, 4) is 17.0 Å². The molecule has 6 aromatic rings. The average Bonchev–Trinajstić information content (AvgIpc) is 3.51. The van der Waals surface area contributed by atoms with Crippen molar-refractivity contribution >= 4 is 28.4 Å². The van der Waals surface area contributed by atoms with Crippen LogP contribution in [0.5, 0.6) is 5.75 Å². The van der Waals surface area contributed by atoms with Crippen LogP contribution in [0.3, 0.4) is 0 Å². The fourth-order valence-electron chi connectivity index (χ4n) is 6.22. The second kappa shape index (κ2) is 11.6. The summed E-state index contributed by atoms with van der Waals surface area (Å²) in [6.07, 6.45) is 0. The fraction of sp³-hybridized carbons (Fsp3) is 0.105. The van der Waals surface area contributed by atoms with Gasteiger partial charge in [0.15, 0.2) is 0 Å². The lowest BCUT2D eigenvalue weighted by atomic mass is 9.93. The molecule has 1 unspecified atom stereocenters. The molecule has 6 heteroatoms. The first-order valence-corrected chi connectivity index (χ1v) is 14.7. The number of benzene rings is 5. The van der Waals surface area contributed by atoms with Gasteiger partial charge in [-0.3, -0.25) is 9.59 Å². The zero-order valence-corrected chi connectivity index (χ0v) is 24.3. The van der Waals surface area contributed by atoms with E-state index in [0.717, 1.165) is 38.9 Å². The molecular formula is C38H31N3O3. The molecule has 0 bridgehead atoms. The summed E-state index contributed by atoms with van der Waals surface area (Å²) in [6, 6.07) is 43.0. The third kappa shape index (κ3) is 5.01. The van der Waals surface area contributed by atoms with Gasteiger partial charge in [-0.1, -0.05) is 97.1 Å². The predicted molar refractivity (Wildman–Crippen MR) is 174 cm³/mol. The van der Waals surface area contributed by atoms with E-state index in [1.165, 1.54) is 0 Å². The molecule has 0 saturated carbocycles. The number of aromatic nitrogens is 1. The first-order chi connectivity index (χ1) is 21.6. The van der Waals surface area contributed by atoms with E-state index in [-0.39, 0.29) is 18.4 Å². The number of rotatable bonds is 8. The van der Waals surface area contributed by atoms with Crippen LogP contribution in [0.1, 0.15) is 33.1 Å². The third-order valence-corrected chi connectivity index (χ3v) is 8.23. The lowest BCUT2D eigenvalue weighted by Gasteiger charge is -2.26. The summed E-state index contributed by atoms with van der Waals surface area (Å²) in [7, 11) is 2.06. The number of fused-ring (bicyclic) bond motifs is 2. The molecule has 0 fully saturated rings. The highest BCUT2D eigenvalue weighted by molar-refractivity contribution is 6.05. The second-order valence-corrected chi connectivity index (χ2v) is 11.0. The third-order valence-electron chi connectivity index (χ3n) is 8.23. The first kappa shape index (κ1) is 27.2. The Morgan fingerprint density at radius 2 is 1.43 bits per heavy atom. The summed E-state index contributed by atoms with van der Waals surface area (Å²) in [5, 5.41) is 4.04. The first-order valence-electron chi connectivity index (χ1n) is 14.7. The van der Waals surface area contributed by atoms with E-state index >= 15 is 0 Å². The SMILES string of the molecule is Cn1c(-c2ccccc2)c(C2c3ccccc3C(=O)N2CC(=O)Nc2ccc(OCc3ccccc3)cc2)c2ccccc21. The molecule has 0 aliphatic carbocycles. The van der Waals surface area contributed by atoms with Crippen LogP contribution in [0.25, 0.3) is 22.2 Å². The smallest absolute Gasteiger partial charge is 0.255 e. The van der Waals surface area contributed by atoms with Crippen molar-refractivity contribution in [3.05, 3.63) is 156 Å². The zero-order chi connectivity index (χ0) is 30.0. The maximum absolute atomic E-state index is 13.9. The highest BCUT2D eigenvalue weighted by Crippen LogP contribution is 2.46. The monoisotopic (exact) mass is 577 g/mol. The Morgan fingerprint density at radius 3 is 2.20 bits per heavy atom. The molecule has 1 aliphatic heterocycles. The van der Waals surface area contributed by atoms with Crippen LogP contribution in [-0.2, 0) is 18.4 Å². The number of aryl methyl sites for hydroxylation is 1. The normalized spacial score (nSPS) is 14.1. The summed E-state index contributed by atoms with van der Waals surface area (Å²) in [6.45, 7) is 0.368. The standard InChI is InChI=1S/C38H31N3O3/c1-40-33-19-11-10-18-32(33)35(36(40)27-14-6-3-7-15-27)37-30-16-8-9-17-31(30)38(43)41(37)24-34(42)39-28-20-22-29(23-21-28)44-25-26-12-4-2-5-13-26/h2-23,37H,24-25H2,1H3,(H,39,42). The average molecular weight is 578 g/mol. The summed E-state index contributed by atoms with van der Waals surface area (Å²) < 4.78 is 8.08. The Hall–Kier alpha value is -5.62. The summed E-state index contributed by atoms with van der Waals surface area (Å²) in [5.74, 6) is 0.287. The van der Waals surface area contributed by atoms with Crippen LogP contribution < -0.4 is 10.1 Å². The Bertz CT molecular complexity index is 1960. The van der Waals surface area contributed by atoms with Crippen molar-refractivity contribution in [2.24, 2.45) is 7.05 Å². The number of nitrogens with one attached hydrogen (secondary N) is 1. The minimum absolute atomic E-state index is 0.0953. The van der Waals surface area contributed by atoms with Crippen molar-refractivity contribution in [1.82, 2.24) is 9.47 Å². The molecule has 1 aliphatic rings. The predicted octanol–water partition coefficient (Wildman–Crippen LogP) is 7.61. The number of ether oxygens (including phenoxy) is 1. The topological polar surface area (TPSA) is 63.6 Å². The second-order valence-electron chi connectivity index (χ2n) is 11.0. The van der Waals surface area contributed by atoms with Crippen molar-refractivity contribution in [2.75, 3.05) is 11.9 Å². The van der Waals surface area contributed by atoms with Crippen molar-refractivity contribution < 1.29 is 14.3 Å². The maximum Gasteiger partial charge on any atom is 0.255 e. The molecule has 1 aromatic heterocycles. The van der Waals surface area contributed by atoms with E-state index in [2.05, 4.69) is 41.2 Å². The maximum atomic E-state index is 13.9.